The first-order valence-corrected chi connectivity index (χ1v) is 7.69. The van der Waals surface area contributed by atoms with Gasteiger partial charge in [0.15, 0.2) is 0 Å². The number of para-hydroxylation sites is 1. The van der Waals surface area contributed by atoms with Crippen LogP contribution in [0, 0.1) is 6.92 Å². The van der Waals surface area contributed by atoms with Gasteiger partial charge < -0.3 is 4.98 Å². The predicted octanol–water partition coefficient (Wildman–Crippen LogP) is 5.27. The minimum absolute atomic E-state index is 0.746. The number of aromatic nitrogens is 2. The van der Waals surface area contributed by atoms with Gasteiger partial charge in [-0.3, -0.25) is 4.98 Å². The average Bonchev–Trinajstić information content (AvgIpc) is 2.92. The maximum Gasteiger partial charge on any atom is 0.0706 e. The molecule has 0 bridgehead atoms. The van der Waals surface area contributed by atoms with Gasteiger partial charge in [0.25, 0.3) is 0 Å². The Morgan fingerprint density at radius 1 is 1.05 bits per heavy atom. The number of aryl methyl sites for hydroxylation is 1. The predicted molar refractivity (Wildman–Crippen MR) is 92.6 cm³/mol. The lowest BCUT2D eigenvalue weighted by atomic mass is 10.0. The lowest BCUT2D eigenvalue weighted by Gasteiger charge is -2.07. The summed E-state index contributed by atoms with van der Waals surface area (Å²) in [5.74, 6) is 0. The number of rotatable bonds is 2. The molecular weight excluding hydrogens is 292 g/mol. The van der Waals surface area contributed by atoms with Gasteiger partial charge in [0.05, 0.1) is 5.52 Å². The van der Waals surface area contributed by atoms with Gasteiger partial charge in [-0.15, -0.1) is 0 Å². The highest BCUT2D eigenvalue weighted by Gasteiger charge is 2.08. The zero-order valence-corrected chi connectivity index (χ0v) is 13.0. The molecule has 0 aliphatic carbocycles. The van der Waals surface area contributed by atoms with Crippen LogP contribution < -0.4 is 0 Å². The van der Waals surface area contributed by atoms with Crippen molar-refractivity contribution < 1.29 is 0 Å². The second-order valence-corrected chi connectivity index (χ2v) is 6.04. The van der Waals surface area contributed by atoms with Crippen molar-refractivity contribution in [3.63, 3.8) is 0 Å². The van der Waals surface area contributed by atoms with Crippen molar-refractivity contribution in [1.29, 1.82) is 0 Å². The summed E-state index contributed by atoms with van der Waals surface area (Å²) in [6.07, 6.45) is 2.96. The smallest absolute Gasteiger partial charge is 0.0706 e. The van der Waals surface area contributed by atoms with Crippen molar-refractivity contribution in [3.05, 3.63) is 76.6 Å². The van der Waals surface area contributed by atoms with Crippen molar-refractivity contribution in [2.24, 2.45) is 0 Å². The molecule has 2 heterocycles. The monoisotopic (exact) mass is 306 g/mol. The molecule has 1 N–H and O–H groups in total. The number of benzene rings is 2. The number of nitrogens with one attached hydrogen (secondary N) is 1. The summed E-state index contributed by atoms with van der Waals surface area (Å²) in [4.78, 5) is 8.04. The van der Waals surface area contributed by atoms with Gasteiger partial charge in [-0.25, -0.2) is 0 Å². The number of hydrogen-bond acceptors (Lipinski definition) is 1. The first-order valence-electron chi connectivity index (χ1n) is 7.31. The summed E-state index contributed by atoms with van der Waals surface area (Å²) in [5, 5.41) is 3.11. The van der Waals surface area contributed by atoms with E-state index in [4.69, 9.17) is 16.6 Å². The fourth-order valence-electron chi connectivity index (χ4n) is 2.95. The third kappa shape index (κ3) is 2.26. The fourth-order valence-corrected chi connectivity index (χ4v) is 3.13. The molecule has 2 aromatic carbocycles. The topological polar surface area (TPSA) is 28.7 Å². The molecule has 2 aromatic heterocycles. The van der Waals surface area contributed by atoms with Crippen LogP contribution >= 0.6 is 11.6 Å². The standard InChI is InChI=1S/C19H15ClN2/c1-12-13(8-14-10-16(20)6-7-18(14)22-12)9-15-11-21-19-5-3-2-4-17(15)19/h2-8,10-11,21H,9H2,1H3. The van der Waals surface area contributed by atoms with Crippen LogP contribution in [-0.2, 0) is 6.42 Å². The molecule has 108 valence electrons. The maximum atomic E-state index is 6.10. The van der Waals surface area contributed by atoms with E-state index in [9.17, 15) is 0 Å². The average molecular weight is 307 g/mol. The van der Waals surface area contributed by atoms with Crippen LogP contribution in [0.2, 0.25) is 5.02 Å². The molecule has 3 heteroatoms. The van der Waals surface area contributed by atoms with Gasteiger partial charge in [-0.05, 0) is 48.4 Å². The fraction of sp³-hybridized carbons (Fsp3) is 0.105. The molecule has 0 aliphatic heterocycles. The van der Waals surface area contributed by atoms with Gasteiger partial charge in [0.1, 0.15) is 0 Å². The molecule has 0 radical (unpaired) electrons. The Kier molecular flexibility index (Phi) is 3.12. The van der Waals surface area contributed by atoms with Gasteiger partial charge >= 0.3 is 0 Å². The van der Waals surface area contributed by atoms with E-state index in [0.717, 1.165) is 28.0 Å². The molecule has 0 spiro atoms. The largest absolute Gasteiger partial charge is 0.361 e. The van der Waals surface area contributed by atoms with Crippen molar-refractivity contribution in [2.75, 3.05) is 0 Å². The summed E-state index contributed by atoms with van der Waals surface area (Å²) in [5.41, 5.74) is 5.76. The van der Waals surface area contributed by atoms with E-state index in [2.05, 4.69) is 42.4 Å². The van der Waals surface area contributed by atoms with E-state index in [1.54, 1.807) is 0 Å². The Labute approximate surface area is 133 Å². The van der Waals surface area contributed by atoms with Crippen LogP contribution in [0.4, 0.5) is 0 Å². The van der Waals surface area contributed by atoms with Crippen LogP contribution in [-0.4, -0.2) is 9.97 Å². The number of aromatic amines is 1. The molecular formula is C19H15ClN2. The molecule has 0 saturated heterocycles. The SMILES string of the molecule is Cc1nc2ccc(Cl)cc2cc1Cc1c[nH]c2ccccc12. The summed E-state index contributed by atoms with van der Waals surface area (Å²) in [7, 11) is 0. The van der Waals surface area contributed by atoms with Crippen LogP contribution in [0.15, 0.2) is 54.7 Å². The first kappa shape index (κ1) is 13.4. The van der Waals surface area contributed by atoms with Crippen LogP contribution in [0.5, 0.6) is 0 Å². The van der Waals surface area contributed by atoms with Crippen LogP contribution in [0.25, 0.3) is 21.8 Å². The molecule has 0 aliphatic rings. The summed E-state index contributed by atoms with van der Waals surface area (Å²) in [6, 6.07) is 16.4. The lowest BCUT2D eigenvalue weighted by molar-refractivity contribution is 1.11. The van der Waals surface area contributed by atoms with E-state index in [1.807, 2.05) is 24.3 Å². The highest BCUT2D eigenvalue weighted by Crippen LogP contribution is 2.25. The second kappa shape index (κ2) is 5.15. The number of hydrogen-bond donors (Lipinski definition) is 1. The second-order valence-electron chi connectivity index (χ2n) is 5.61. The lowest BCUT2D eigenvalue weighted by Crippen LogP contribution is -1.95. The van der Waals surface area contributed by atoms with Gasteiger partial charge in [0, 0.05) is 39.6 Å². The van der Waals surface area contributed by atoms with E-state index >= 15 is 0 Å². The summed E-state index contributed by atoms with van der Waals surface area (Å²) < 4.78 is 0. The highest BCUT2D eigenvalue weighted by atomic mass is 35.5. The number of pyridine rings is 1. The van der Waals surface area contributed by atoms with Gasteiger partial charge in [0.2, 0.25) is 0 Å². The molecule has 0 atom stereocenters. The van der Waals surface area contributed by atoms with Crippen LogP contribution in [0.1, 0.15) is 16.8 Å². The highest BCUT2D eigenvalue weighted by molar-refractivity contribution is 6.31. The molecule has 4 aromatic rings. The molecule has 2 nitrogen and oxygen atoms in total. The van der Waals surface area contributed by atoms with E-state index in [1.165, 1.54) is 22.0 Å². The Bertz CT molecular complexity index is 985. The Morgan fingerprint density at radius 3 is 2.82 bits per heavy atom. The van der Waals surface area contributed by atoms with E-state index in [-0.39, 0.29) is 0 Å². The van der Waals surface area contributed by atoms with Crippen LogP contribution in [0.3, 0.4) is 0 Å². The molecule has 0 fully saturated rings. The Balaban J connectivity index is 1.82. The number of fused-ring (bicyclic) bond motifs is 2. The van der Waals surface area contributed by atoms with Gasteiger partial charge in [-0.1, -0.05) is 29.8 Å². The molecule has 4 rings (SSSR count). The first-order chi connectivity index (χ1) is 10.7. The normalized spacial score (nSPS) is 11.4. The van der Waals surface area contributed by atoms with Crippen molar-refractivity contribution >= 4 is 33.4 Å². The van der Waals surface area contributed by atoms with Crippen molar-refractivity contribution in [1.82, 2.24) is 9.97 Å². The number of nitrogens with zero attached hydrogens (tertiary/aromatic N) is 1. The van der Waals surface area contributed by atoms with Crippen molar-refractivity contribution in [3.8, 4) is 0 Å². The Morgan fingerprint density at radius 2 is 1.91 bits per heavy atom. The third-order valence-electron chi connectivity index (χ3n) is 4.13. The quantitative estimate of drug-likeness (QED) is 0.537. The minimum Gasteiger partial charge on any atom is -0.361 e. The summed E-state index contributed by atoms with van der Waals surface area (Å²) >= 11 is 6.10. The third-order valence-corrected chi connectivity index (χ3v) is 4.36. The van der Waals surface area contributed by atoms with Crippen molar-refractivity contribution in [2.45, 2.75) is 13.3 Å². The summed E-state index contributed by atoms with van der Waals surface area (Å²) in [6.45, 7) is 2.07. The zero-order chi connectivity index (χ0) is 15.1. The zero-order valence-electron chi connectivity index (χ0n) is 12.2. The molecule has 0 unspecified atom stereocenters. The minimum atomic E-state index is 0.746. The van der Waals surface area contributed by atoms with Gasteiger partial charge in [-0.2, -0.15) is 0 Å². The molecule has 0 amide bonds. The molecule has 22 heavy (non-hydrogen) atoms. The number of halogens is 1. The van der Waals surface area contributed by atoms with E-state index in [0.29, 0.717) is 0 Å². The molecule has 0 saturated carbocycles. The number of H-pyrrole nitrogens is 1. The Hall–Kier alpha value is -2.32. The maximum absolute atomic E-state index is 6.10. The van der Waals surface area contributed by atoms with E-state index < -0.39 is 0 Å².